The lowest BCUT2D eigenvalue weighted by Gasteiger charge is -2.27. The second-order valence-corrected chi connectivity index (χ2v) is 16.5. The van der Waals surface area contributed by atoms with Gasteiger partial charge in [0, 0.05) is 51.5 Å². The van der Waals surface area contributed by atoms with Crippen LogP contribution in [0.4, 0.5) is 22.7 Å². The Morgan fingerprint density at radius 2 is 1.14 bits per heavy atom. The lowest BCUT2D eigenvalue weighted by Crippen LogP contribution is -2.24. The Morgan fingerprint density at radius 1 is 0.524 bits per heavy atom. The van der Waals surface area contributed by atoms with Gasteiger partial charge in [-0.05, 0) is 76.2 Å². The number of rotatable bonds is 8. The average Bonchev–Trinajstić information content (AvgIpc) is 3.94. The van der Waals surface area contributed by atoms with Crippen LogP contribution in [0.25, 0.3) is 61.0 Å². The van der Waals surface area contributed by atoms with Crippen molar-refractivity contribution in [3.05, 3.63) is 218 Å². The first-order chi connectivity index (χ1) is 35.0. The molecule has 0 saturated heterocycles. The second-order valence-electron chi connectivity index (χ2n) is 16.5. The van der Waals surface area contributed by atoms with E-state index in [2.05, 4.69) is 61.7 Å². The fourth-order valence-electron chi connectivity index (χ4n) is 8.78. The Hall–Kier alpha value is -7.89. The zero-order valence-electron chi connectivity index (χ0n) is 44.8. The lowest BCUT2D eigenvalue weighted by molar-refractivity contribution is 0.483. The normalized spacial score (nSPS) is 14.8. The van der Waals surface area contributed by atoms with Gasteiger partial charge in [0.2, 0.25) is 0 Å². The largest absolute Gasteiger partial charge is 0.457 e. The minimum absolute atomic E-state index is 0.0906. The van der Waals surface area contributed by atoms with E-state index >= 15 is 0 Å². The van der Waals surface area contributed by atoms with Gasteiger partial charge < -0.3 is 14.5 Å². The van der Waals surface area contributed by atoms with Crippen LogP contribution >= 0.6 is 0 Å². The summed E-state index contributed by atoms with van der Waals surface area (Å²) in [5, 5.41) is 2.13. The fraction of sp³-hybridized carbons (Fsp3) is 0.0862. The maximum atomic E-state index is 9.05. The van der Waals surface area contributed by atoms with Gasteiger partial charge in [-0.25, -0.2) is 4.98 Å². The third-order valence-electron chi connectivity index (χ3n) is 11.6. The molecule has 304 valence electrons. The van der Waals surface area contributed by atoms with Crippen LogP contribution in [0.5, 0.6) is 11.5 Å². The highest BCUT2D eigenvalue weighted by molar-refractivity contribution is 6.09. The predicted octanol–water partition coefficient (Wildman–Crippen LogP) is 15.5. The van der Waals surface area contributed by atoms with E-state index in [1.54, 1.807) is 18.2 Å². The van der Waals surface area contributed by atoms with E-state index < -0.39 is 60.4 Å². The van der Waals surface area contributed by atoms with Crippen molar-refractivity contribution in [2.45, 2.75) is 26.2 Å². The Labute approximate surface area is 382 Å². The molecule has 0 unspecified atom stereocenters. The van der Waals surface area contributed by atoms with Crippen molar-refractivity contribution in [2.75, 3.05) is 16.5 Å². The molecule has 1 aliphatic rings. The average molecular weight is 825 g/mol. The number of ether oxygens (including phenoxy) is 1. The summed E-state index contributed by atoms with van der Waals surface area (Å²) < 4.78 is 96.2. The molecule has 0 N–H and O–H groups in total. The molecular weight excluding hydrogens is 769 g/mol. The number of hydrogen-bond acceptors (Lipinski definition) is 4. The van der Waals surface area contributed by atoms with Gasteiger partial charge in [0.1, 0.15) is 24.0 Å². The maximum Gasteiger partial charge on any atom is 0.137 e. The zero-order chi connectivity index (χ0) is 51.2. The van der Waals surface area contributed by atoms with E-state index in [0.29, 0.717) is 22.9 Å². The van der Waals surface area contributed by atoms with Crippen LogP contribution in [0.15, 0.2) is 212 Å². The molecule has 0 spiro atoms. The third-order valence-corrected chi connectivity index (χ3v) is 11.6. The van der Waals surface area contributed by atoms with Crippen LogP contribution in [0.3, 0.4) is 0 Å². The lowest BCUT2D eigenvalue weighted by atomic mass is 9.82. The minimum atomic E-state index is -0.551. The summed E-state index contributed by atoms with van der Waals surface area (Å²) in [6.45, 7) is 6.76. The predicted molar refractivity (Wildman–Crippen MR) is 262 cm³/mol. The summed E-state index contributed by atoms with van der Waals surface area (Å²) in [6, 6.07) is 42.0. The van der Waals surface area contributed by atoms with E-state index in [0.717, 1.165) is 50.1 Å². The van der Waals surface area contributed by atoms with Crippen molar-refractivity contribution < 1.29 is 18.4 Å². The van der Waals surface area contributed by atoms with Crippen molar-refractivity contribution in [2.24, 2.45) is 0 Å². The molecule has 10 aromatic rings. The molecule has 8 aromatic carbocycles. The minimum Gasteiger partial charge on any atom is -0.457 e. The summed E-state index contributed by atoms with van der Waals surface area (Å²) >= 11 is 0. The molecule has 5 nitrogen and oxygen atoms in total. The number of nitrogens with zero attached hydrogens (tertiary/aromatic N) is 4. The summed E-state index contributed by atoms with van der Waals surface area (Å²) in [5.74, 6) is 1.94. The van der Waals surface area contributed by atoms with Crippen molar-refractivity contribution in [3.8, 4) is 50.7 Å². The van der Waals surface area contributed by atoms with Crippen LogP contribution in [0.2, 0.25) is 0 Å². The van der Waals surface area contributed by atoms with Crippen molar-refractivity contribution in [1.82, 2.24) is 9.55 Å². The van der Waals surface area contributed by atoms with Gasteiger partial charge in [-0.2, -0.15) is 0 Å². The van der Waals surface area contributed by atoms with E-state index in [4.69, 9.17) is 23.4 Å². The topological polar surface area (TPSA) is 33.5 Å². The molecule has 0 saturated carbocycles. The highest BCUT2D eigenvalue weighted by atomic mass is 16.5. The third kappa shape index (κ3) is 6.88. The first-order valence-corrected chi connectivity index (χ1v) is 20.8. The van der Waals surface area contributed by atoms with Crippen LogP contribution < -0.4 is 14.5 Å². The van der Waals surface area contributed by atoms with E-state index in [1.807, 2.05) is 107 Å². The molecule has 5 heteroatoms. The Kier molecular flexibility index (Phi) is 7.05. The first kappa shape index (κ1) is 28.6. The second kappa shape index (κ2) is 15.5. The summed E-state index contributed by atoms with van der Waals surface area (Å²) in [5.41, 5.74) is 7.83. The molecule has 0 radical (unpaired) electrons. The SMILES string of the molecule is [2H]c1c([2H])c([2H])c(-c2cccc(-c3c([2H])c([2H])c([2H])c([2H])c3[2H])c2N2CN(c3cccc(Oc4ccc5c6ccccc6n(-c6cc(C(C)(C)C)c(-c7ccccc7)cn6)c5c4)c3)c3ccccc32)c([2H])c1[2H]. The number of pyridine rings is 1. The number of benzene rings is 8. The zero-order valence-corrected chi connectivity index (χ0v) is 34.8. The summed E-state index contributed by atoms with van der Waals surface area (Å²) in [6.07, 6.45) is 1.97. The summed E-state index contributed by atoms with van der Waals surface area (Å²) in [4.78, 5) is 9.04. The van der Waals surface area contributed by atoms with Crippen LogP contribution in [-0.2, 0) is 5.41 Å². The monoisotopic (exact) mass is 824 g/mol. The van der Waals surface area contributed by atoms with Gasteiger partial charge in [0.15, 0.2) is 0 Å². The molecule has 2 aromatic heterocycles. The molecule has 3 heterocycles. The first-order valence-electron chi connectivity index (χ1n) is 25.8. The number of fused-ring (bicyclic) bond motifs is 4. The fourth-order valence-corrected chi connectivity index (χ4v) is 8.78. The van der Waals surface area contributed by atoms with E-state index in [1.165, 1.54) is 5.56 Å². The van der Waals surface area contributed by atoms with Crippen LogP contribution in [0.1, 0.15) is 40.0 Å². The molecule has 1 aliphatic heterocycles. The van der Waals surface area contributed by atoms with Gasteiger partial charge in [-0.1, -0.05) is 166 Å². The van der Waals surface area contributed by atoms with Gasteiger partial charge >= 0.3 is 0 Å². The van der Waals surface area contributed by atoms with Gasteiger partial charge in [-0.15, -0.1) is 0 Å². The molecule has 11 rings (SSSR count). The van der Waals surface area contributed by atoms with Crippen LogP contribution in [-0.4, -0.2) is 16.2 Å². The molecule has 0 amide bonds. The highest BCUT2D eigenvalue weighted by Crippen LogP contribution is 2.50. The van der Waals surface area contributed by atoms with E-state index in [-0.39, 0.29) is 34.3 Å². The van der Waals surface area contributed by atoms with Gasteiger partial charge in [-0.3, -0.25) is 4.57 Å². The number of aromatic nitrogens is 2. The number of para-hydroxylation sites is 4. The van der Waals surface area contributed by atoms with E-state index in [9.17, 15) is 0 Å². The Bertz CT molecular complexity index is 3740. The highest BCUT2D eigenvalue weighted by Gasteiger charge is 2.31. The molecule has 0 atom stereocenters. The smallest absolute Gasteiger partial charge is 0.137 e. The Morgan fingerprint density at radius 3 is 1.86 bits per heavy atom. The molecule has 0 fully saturated rings. The van der Waals surface area contributed by atoms with Crippen LogP contribution in [0, 0.1) is 0 Å². The molecule has 0 aliphatic carbocycles. The molecule has 63 heavy (non-hydrogen) atoms. The quantitative estimate of drug-likeness (QED) is 0.153. The standard InChI is InChI=1S/C58H46N4O/c1-58(2,3)51-37-56(59-38-50(51)42-23-11-6-12-24-42)62-52-30-14-13-27-48(52)49-34-33-45(36-55(49)62)63-44-26-17-25-43(35-44)60-39-61(54-32-16-15-31-53(54)60)57-46(40-19-7-4-8-20-40)28-18-29-47(57)41-21-9-5-10-22-41/h4-38H,39H2,1-3H3/i4D,5D,7D,8D,9D,10D,19D,20D,21D,22D. The number of hydrogen-bond donors (Lipinski definition) is 0. The number of anilines is 4. The molecule has 0 bridgehead atoms. The maximum absolute atomic E-state index is 9.05. The Balaban J connectivity index is 1.02. The molecular formula is C58H46N4O. The van der Waals surface area contributed by atoms with Gasteiger partial charge in [0.25, 0.3) is 0 Å². The summed E-state index contributed by atoms with van der Waals surface area (Å²) in [7, 11) is 0. The van der Waals surface area contributed by atoms with Crippen molar-refractivity contribution >= 4 is 44.6 Å². The van der Waals surface area contributed by atoms with Gasteiger partial charge in [0.05, 0.1) is 41.8 Å². The van der Waals surface area contributed by atoms with Crippen molar-refractivity contribution in [3.63, 3.8) is 0 Å². The van der Waals surface area contributed by atoms with Crippen molar-refractivity contribution in [1.29, 1.82) is 0 Å².